The highest BCUT2D eigenvalue weighted by molar-refractivity contribution is 9.11. The lowest BCUT2D eigenvalue weighted by molar-refractivity contribution is 0.104. The summed E-state index contributed by atoms with van der Waals surface area (Å²) >= 11 is 6.98. The van der Waals surface area contributed by atoms with Gasteiger partial charge in [0.15, 0.2) is 5.78 Å². The molecular formula is C18H13Br2NO. The fourth-order valence-electron chi connectivity index (χ4n) is 2.41. The second kappa shape index (κ2) is 6.31. The van der Waals surface area contributed by atoms with Crippen molar-refractivity contribution >= 4 is 48.5 Å². The summed E-state index contributed by atoms with van der Waals surface area (Å²) in [6.45, 7) is 1.87. The van der Waals surface area contributed by atoms with Crippen molar-refractivity contribution in [3.05, 3.63) is 74.4 Å². The molecule has 0 bridgehead atoms. The highest BCUT2D eigenvalue weighted by Crippen LogP contribution is 2.28. The average molecular weight is 419 g/mol. The van der Waals surface area contributed by atoms with Gasteiger partial charge in [-0.25, -0.2) is 0 Å². The Hall–Kier alpha value is -1.52. The molecule has 0 spiro atoms. The van der Waals surface area contributed by atoms with E-state index in [1.54, 1.807) is 6.08 Å². The highest BCUT2D eigenvalue weighted by Gasteiger charge is 2.11. The van der Waals surface area contributed by atoms with E-state index >= 15 is 0 Å². The van der Waals surface area contributed by atoms with E-state index < -0.39 is 0 Å². The van der Waals surface area contributed by atoms with Gasteiger partial charge in [-0.3, -0.25) is 9.78 Å². The summed E-state index contributed by atoms with van der Waals surface area (Å²) in [5.41, 5.74) is 3.39. The van der Waals surface area contributed by atoms with Gasteiger partial charge in [-0.15, -0.1) is 0 Å². The Bertz CT molecular complexity index is 863. The Morgan fingerprint density at radius 3 is 2.82 bits per heavy atom. The first kappa shape index (κ1) is 15.4. The molecule has 0 unspecified atom stereocenters. The summed E-state index contributed by atoms with van der Waals surface area (Å²) in [5.74, 6) is -0.0178. The smallest absolute Gasteiger partial charge is 0.187 e. The number of carbonyl (C=O) groups excluding carboxylic acids is 1. The van der Waals surface area contributed by atoms with Crippen LogP contribution < -0.4 is 0 Å². The molecule has 22 heavy (non-hydrogen) atoms. The van der Waals surface area contributed by atoms with Gasteiger partial charge in [0.2, 0.25) is 0 Å². The zero-order valence-electron chi connectivity index (χ0n) is 11.9. The number of benzene rings is 1. The first-order chi connectivity index (χ1) is 10.5. The number of aromatic nitrogens is 1. The summed E-state index contributed by atoms with van der Waals surface area (Å²) in [4.78, 5) is 17.0. The number of fused-ring (bicyclic) bond motifs is 1. The number of hydrogen-bond donors (Lipinski definition) is 0. The number of ketones is 1. The number of nitrogens with zero attached hydrogens (tertiary/aromatic N) is 1. The number of aryl methyl sites for hydroxylation is 1. The van der Waals surface area contributed by atoms with Crippen LogP contribution in [0.5, 0.6) is 0 Å². The number of rotatable bonds is 3. The quantitative estimate of drug-likeness (QED) is 0.473. The summed E-state index contributed by atoms with van der Waals surface area (Å²) in [5, 5.41) is 0.936. The molecule has 110 valence electrons. The van der Waals surface area contributed by atoms with E-state index in [4.69, 9.17) is 0 Å². The number of pyridine rings is 1. The fourth-order valence-corrected chi connectivity index (χ4v) is 3.76. The predicted octanol–water partition coefficient (Wildman–Crippen LogP) is 5.69. The molecule has 0 saturated carbocycles. The van der Waals surface area contributed by atoms with E-state index in [1.807, 2.05) is 43.4 Å². The monoisotopic (exact) mass is 417 g/mol. The van der Waals surface area contributed by atoms with Crippen LogP contribution in [0.15, 0.2) is 63.1 Å². The van der Waals surface area contributed by atoms with Gasteiger partial charge in [0.05, 0.1) is 5.52 Å². The fraction of sp³-hybridized carbons (Fsp3) is 0.111. The standard InChI is InChI=1S/C18H13Br2NO/c1-11-15(17(22)7-6-12-4-2-3-5-12)9-13-8-14(19)10-16(20)18(13)21-11/h2-4,6-10H,5H2,1H3/b7-6+. The van der Waals surface area contributed by atoms with Gasteiger partial charge in [-0.1, -0.05) is 40.2 Å². The van der Waals surface area contributed by atoms with Crippen molar-refractivity contribution in [2.24, 2.45) is 0 Å². The number of carbonyl (C=O) groups is 1. The molecule has 1 aromatic carbocycles. The molecule has 1 heterocycles. The Balaban J connectivity index is 1.99. The molecule has 2 nitrogen and oxygen atoms in total. The topological polar surface area (TPSA) is 30.0 Å². The Labute approximate surface area is 145 Å². The molecule has 1 aliphatic carbocycles. The minimum atomic E-state index is -0.0178. The van der Waals surface area contributed by atoms with Gasteiger partial charge in [0.1, 0.15) is 0 Å². The maximum Gasteiger partial charge on any atom is 0.187 e. The van der Waals surface area contributed by atoms with E-state index in [1.165, 1.54) is 0 Å². The summed E-state index contributed by atoms with van der Waals surface area (Å²) in [7, 11) is 0. The second-order valence-corrected chi connectivity index (χ2v) is 6.92. The molecule has 1 aliphatic rings. The predicted molar refractivity (Wildman–Crippen MR) is 97.2 cm³/mol. The van der Waals surface area contributed by atoms with Crippen molar-refractivity contribution in [3.63, 3.8) is 0 Å². The molecule has 0 saturated heterocycles. The first-order valence-electron chi connectivity index (χ1n) is 6.89. The molecule has 1 aromatic heterocycles. The number of allylic oxidation sites excluding steroid dienone is 6. The second-order valence-electron chi connectivity index (χ2n) is 5.15. The van der Waals surface area contributed by atoms with E-state index in [-0.39, 0.29) is 5.78 Å². The normalized spacial score (nSPS) is 14.0. The lowest BCUT2D eigenvalue weighted by atomic mass is 10.0. The number of hydrogen-bond acceptors (Lipinski definition) is 2. The van der Waals surface area contributed by atoms with Crippen LogP contribution in [-0.2, 0) is 0 Å². The average Bonchev–Trinajstić information content (AvgIpc) is 2.98. The van der Waals surface area contributed by atoms with Gasteiger partial charge >= 0.3 is 0 Å². The van der Waals surface area contributed by atoms with Crippen LogP contribution in [0.1, 0.15) is 22.5 Å². The Morgan fingerprint density at radius 1 is 1.27 bits per heavy atom. The van der Waals surface area contributed by atoms with Crippen molar-refractivity contribution in [1.82, 2.24) is 4.98 Å². The van der Waals surface area contributed by atoms with E-state index in [2.05, 4.69) is 42.9 Å². The Kier molecular flexibility index (Phi) is 4.41. The first-order valence-corrected chi connectivity index (χ1v) is 8.48. The van der Waals surface area contributed by atoms with E-state index in [0.29, 0.717) is 5.56 Å². The molecule has 0 amide bonds. The van der Waals surface area contributed by atoms with Crippen LogP contribution in [0.2, 0.25) is 0 Å². The molecule has 0 fully saturated rings. The summed E-state index contributed by atoms with van der Waals surface area (Å²) in [6, 6.07) is 5.83. The maximum absolute atomic E-state index is 12.4. The maximum atomic E-state index is 12.4. The van der Waals surface area contributed by atoms with Gasteiger partial charge in [0, 0.05) is 25.6 Å². The SMILES string of the molecule is Cc1nc2c(Br)cc(Br)cc2cc1C(=O)/C=C/C1=CC=CC1. The largest absolute Gasteiger partial charge is 0.289 e. The summed E-state index contributed by atoms with van der Waals surface area (Å²) in [6.07, 6.45) is 10.5. The lowest BCUT2D eigenvalue weighted by Gasteiger charge is -2.07. The van der Waals surface area contributed by atoms with Crippen molar-refractivity contribution in [1.29, 1.82) is 0 Å². The van der Waals surface area contributed by atoms with Crippen LogP contribution in [0.25, 0.3) is 10.9 Å². The van der Waals surface area contributed by atoms with Crippen LogP contribution in [0.4, 0.5) is 0 Å². The lowest BCUT2D eigenvalue weighted by Crippen LogP contribution is -2.01. The molecule has 4 heteroatoms. The van der Waals surface area contributed by atoms with Gasteiger partial charge < -0.3 is 0 Å². The van der Waals surface area contributed by atoms with Crippen molar-refractivity contribution in [3.8, 4) is 0 Å². The van der Waals surface area contributed by atoms with Crippen LogP contribution in [0, 0.1) is 6.92 Å². The minimum Gasteiger partial charge on any atom is -0.289 e. The molecule has 0 radical (unpaired) electrons. The highest BCUT2D eigenvalue weighted by atomic mass is 79.9. The molecule has 3 rings (SSSR count). The van der Waals surface area contributed by atoms with Crippen LogP contribution in [-0.4, -0.2) is 10.8 Å². The minimum absolute atomic E-state index is 0.0178. The third kappa shape index (κ3) is 3.13. The van der Waals surface area contributed by atoms with E-state index in [0.717, 1.165) is 37.5 Å². The van der Waals surface area contributed by atoms with Crippen LogP contribution in [0.3, 0.4) is 0 Å². The van der Waals surface area contributed by atoms with Crippen molar-refractivity contribution in [2.45, 2.75) is 13.3 Å². The molecule has 0 atom stereocenters. The molecular weight excluding hydrogens is 406 g/mol. The molecule has 0 N–H and O–H groups in total. The van der Waals surface area contributed by atoms with Crippen LogP contribution >= 0.6 is 31.9 Å². The van der Waals surface area contributed by atoms with Crippen molar-refractivity contribution < 1.29 is 4.79 Å². The molecule has 2 aromatic rings. The third-order valence-electron chi connectivity index (χ3n) is 3.54. The summed E-state index contributed by atoms with van der Waals surface area (Å²) < 4.78 is 1.87. The van der Waals surface area contributed by atoms with Gasteiger partial charge in [-0.05, 0) is 59.1 Å². The zero-order valence-corrected chi connectivity index (χ0v) is 15.1. The third-order valence-corrected chi connectivity index (χ3v) is 4.60. The van der Waals surface area contributed by atoms with Gasteiger partial charge in [0.25, 0.3) is 0 Å². The number of halogens is 2. The van der Waals surface area contributed by atoms with Crippen molar-refractivity contribution in [2.75, 3.05) is 0 Å². The molecule has 0 aliphatic heterocycles. The zero-order chi connectivity index (χ0) is 15.7. The Morgan fingerprint density at radius 2 is 2.09 bits per heavy atom. The van der Waals surface area contributed by atoms with E-state index in [9.17, 15) is 4.79 Å². The van der Waals surface area contributed by atoms with Gasteiger partial charge in [-0.2, -0.15) is 0 Å².